The summed E-state index contributed by atoms with van der Waals surface area (Å²) in [6, 6.07) is 12.7. The van der Waals surface area contributed by atoms with E-state index in [9.17, 15) is 15.0 Å². The highest BCUT2D eigenvalue weighted by molar-refractivity contribution is 7.15. The summed E-state index contributed by atoms with van der Waals surface area (Å²) in [4.78, 5) is 25.8. The van der Waals surface area contributed by atoms with Crippen LogP contribution in [0.15, 0.2) is 54.9 Å². The topological polar surface area (TPSA) is 108 Å². The molecule has 3 aromatic heterocycles. The molecule has 1 unspecified atom stereocenters. The second-order valence-electron chi connectivity index (χ2n) is 8.33. The summed E-state index contributed by atoms with van der Waals surface area (Å²) in [5.41, 5.74) is 3.47. The van der Waals surface area contributed by atoms with Gasteiger partial charge in [0, 0.05) is 12.4 Å². The summed E-state index contributed by atoms with van der Waals surface area (Å²) in [5, 5.41) is 24.6. The average molecular weight is 459 g/mol. The molecule has 0 spiro atoms. The first kappa shape index (κ1) is 21.2. The van der Waals surface area contributed by atoms with Crippen LogP contribution in [-0.4, -0.2) is 31.1 Å². The molecule has 0 amide bonds. The summed E-state index contributed by atoms with van der Waals surface area (Å²) in [5.74, 6) is 0.436. The Kier molecular flexibility index (Phi) is 5.19. The minimum absolute atomic E-state index is 0.227. The maximum absolute atomic E-state index is 11.5. The van der Waals surface area contributed by atoms with Crippen molar-refractivity contribution in [2.24, 2.45) is 0 Å². The molecular weight excluding hydrogens is 436 g/mol. The summed E-state index contributed by atoms with van der Waals surface area (Å²) in [6.45, 7) is 4.01. The van der Waals surface area contributed by atoms with E-state index in [2.05, 4.69) is 15.3 Å². The van der Waals surface area contributed by atoms with Gasteiger partial charge in [0.1, 0.15) is 22.2 Å². The Hall–Kier alpha value is -3.62. The van der Waals surface area contributed by atoms with Gasteiger partial charge in [-0.05, 0) is 85.3 Å². The quantitative estimate of drug-likeness (QED) is 0.393. The summed E-state index contributed by atoms with van der Waals surface area (Å²) in [7, 11) is 0. The van der Waals surface area contributed by atoms with E-state index >= 15 is 0 Å². The van der Waals surface area contributed by atoms with Crippen LogP contribution in [0.4, 0.5) is 11.6 Å². The lowest BCUT2D eigenvalue weighted by Gasteiger charge is -2.21. The maximum atomic E-state index is 11.5. The van der Waals surface area contributed by atoms with Gasteiger partial charge < -0.3 is 15.5 Å². The zero-order valence-electron chi connectivity index (χ0n) is 18.2. The van der Waals surface area contributed by atoms with Crippen molar-refractivity contribution in [1.82, 2.24) is 15.0 Å². The number of nitrogens with zero attached hydrogens (tertiary/aromatic N) is 3. The largest absolute Gasteiger partial charge is 0.478 e. The smallest absolute Gasteiger partial charge is 0.335 e. The average Bonchev–Trinajstić information content (AvgIpc) is 3.40. The van der Waals surface area contributed by atoms with Gasteiger partial charge in [-0.1, -0.05) is 6.07 Å². The number of rotatable bonds is 5. The molecule has 8 heteroatoms. The lowest BCUT2D eigenvalue weighted by Crippen LogP contribution is -2.23. The van der Waals surface area contributed by atoms with Crippen LogP contribution in [0.2, 0.25) is 0 Å². The number of anilines is 2. The molecule has 0 saturated heterocycles. The van der Waals surface area contributed by atoms with Crippen LogP contribution in [0, 0.1) is 13.8 Å². The van der Waals surface area contributed by atoms with E-state index in [1.807, 2.05) is 38.1 Å². The van der Waals surface area contributed by atoms with E-state index in [4.69, 9.17) is 4.98 Å². The summed E-state index contributed by atoms with van der Waals surface area (Å²) < 4.78 is 0. The van der Waals surface area contributed by atoms with Gasteiger partial charge in [0.25, 0.3) is 0 Å². The molecule has 0 radical (unpaired) electrons. The van der Waals surface area contributed by atoms with Gasteiger partial charge >= 0.3 is 5.97 Å². The van der Waals surface area contributed by atoms with E-state index in [1.165, 1.54) is 17.4 Å². The van der Waals surface area contributed by atoms with Gasteiger partial charge in [0.05, 0.1) is 16.1 Å². The van der Waals surface area contributed by atoms with Crippen LogP contribution in [-0.2, 0) is 12.0 Å². The van der Waals surface area contributed by atoms with Crippen molar-refractivity contribution >= 4 is 28.9 Å². The van der Waals surface area contributed by atoms with Crippen LogP contribution in [0.25, 0.3) is 10.6 Å². The third kappa shape index (κ3) is 3.99. The number of fused-ring (bicyclic) bond motifs is 1. The predicted molar refractivity (Wildman–Crippen MR) is 127 cm³/mol. The Bertz CT molecular complexity index is 1380. The molecule has 3 heterocycles. The number of carbonyl (C=O) groups is 1. The molecule has 33 heavy (non-hydrogen) atoms. The normalized spacial score (nSPS) is 17.1. The number of aliphatic hydroxyl groups is 1. The predicted octanol–water partition coefficient (Wildman–Crippen LogP) is 4.84. The lowest BCUT2D eigenvalue weighted by atomic mass is 9.96. The Balaban J connectivity index is 1.46. The van der Waals surface area contributed by atoms with Crippen molar-refractivity contribution in [3.8, 4) is 10.6 Å². The van der Waals surface area contributed by atoms with E-state index < -0.39 is 11.6 Å². The zero-order chi connectivity index (χ0) is 23.2. The van der Waals surface area contributed by atoms with Gasteiger partial charge in [-0.25, -0.2) is 19.7 Å². The first-order chi connectivity index (χ1) is 15.8. The molecule has 7 nitrogen and oxygen atoms in total. The molecule has 0 saturated carbocycles. The SMILES string of the molecule is Cc1ccnc(Nc2cc(C)cc(-c3cnc(C4(O)CCc5cc(C(=O)O)ccc54)s3)n2)c1. The van der Waals surface area contributed by atoms with Crippen LogP contribution >= 0.6 is 11.3 Å². The molecule has 1 atom stereocenters. The van der Waals surface area contributed by atoms with Gasteiger partial charge in [-0.15, -0.1) is 11.3 Å². The highest BCUT2D eigenvalue weighted by Crippen LogP contribution is 2.45. The summed E-state index contributed by atoms with van der Waals surface area (Å²) in [6.07, 6.45) is 4.55. The number of carboxylic acids is 1. The van der Waals surface area contributed by atoms with Gasteiger partial charge in [-0.2, -0.15) is 0 Å². The Morgan fingerprint density at radius 3 is 2.67 bits per heavy atom. The Morgan fingerprint density at radius 1 is 1.06 bits per heavy atom. The van der Waals surface area contributed by atoms with Gasteiger partial charge in [0.2, 0.25) is 0 Å². The monoisotopic (exact) mass is 458 g/mol. The lowest BCUT2D eigenvalue weighted by molar-refractivity contribution is 0.0695. The number of hydrogen-bond donors (Lipinski definition) is 3. The Morgan fingerprint density at radius 2 is 1.88 bits per heavy atom. The van der Waals surface area contributed by atoms with Crippen molar-refractivity contribution in [2.45, 2.75) is 32.3 Å². The van der Waals surface area contributed by atoms with E-state index in [1.54, 1.807) is 24.5 Å². The second-order valence-corrected chi connectivity index (χ2v) is 9.36. The molecular formula is C25H22N4O3S. The first-order valence-electron chi connectivity index (χ1n) is 10.6. The van der Waals surface area contributed by atoms with Crippen LogP contribution in [0.5, 0.6) is 0 Å². The standard InChI is InChI=1S/C25H22N4O3S/c1-14-6-8-26-21(10-14)29-22-11-15(2)9-19(28-22)20-13-27-24(33-20)25(32)7-5-16-12-17(23(30)31)3-4-18(16)25/h3-4,6,8-13,32H,5,7H2,1-2H3,(H,30,31)(H,26,28,29). The molecule has 3 N–H and O–H groups in total. The van der Waals surface area contributed by atoms with Crippen LogP contribution < -0.4 is 5.32 Å². The van der Waals surface area contributed by atoms with Crippen molar-refractivity contribution in [2.75, 3.05) is 5.32 Å². The molecule has 1 aliphatic rings. The van der Waals surface area contributed by atoms with Crippen molar-refractivity contribution in [3.63, 3.8) is 0 Å². The number of thiazole rings is 1. The third-order valence-electron chi connectivity index (χ3n) is 5.81. The number of pyridine rings is 2. The molecule has 166 valence electrons. The van der Waals surface area contributed by atoms with Gasteiger partial charge in [-0.3, -0.25) is 0 Å². The van der Waals surface area contributed by atoms with Gasteiger partial charge in [0.15, 0.2) is 0 Å². The molecule has 4 aromatic rings. The van der Waals surface area contributed by atoms with Crippen molar-refractivity contribution in [3.05, 3.63) is 87.7 Å². The van der Waals surface area contributed by atoms with E-state index in [0.29, 0.717) is 23.7 Å². The number of carboxylic acid groups (broad SMARTS) is 1. The number of hydrogen-bond acceptors (Lipinski definition) is 7. The van der Waals surface area contributed by atoms with E-state index in [0.717, 1.165) is 38.6 Å². The molecule has 1 aromatic carbocycles. The Labute approximate surface area is 194 Å². The molecule has 5 rings (SSSR count). The molecule has 0 aliphatic heterocycles. The minimum atomic E-state index is -1.23. The maximum Gasteiger partial charge on any atom is 0.335 e. The highest BCUT2D eigenvalue weighted by atomic mass is 32.1. The minimum Gasteiger partial charge on any atom is -0.478 e. The molecule has 1 aliphatic carbocycles. The number of aromatic carboxylic acids is 1. The highest BCUT2D eigenvalue weighted by Gasteiger charge is 2.41. The molecule has 0 fully saturated rings. The summed E-state index contributed by atoms with van der Waals surface area (Å²) >= 11 is 1.40. The van der Waals surface area contributed by atoms with Crippen LogP contribution in [0.3, 0.4) is 0 Å². The first-order valence-corrected chi connectivity index (χ1v) is 11.4. The number of aromatic nitrogens is 3. The fourth-order valence-corrected chi connectivity index (χ4v) is 5.20. The van der Waals surface area contributed by atoms with Crippen molar-refractivity contribution in [1.29, 1.82) is 0 Å². The fourth-order valence-electron chi connectivity index (χ4n) is 4.19. The number of aryl methyl sites for hydroxylation is 3. The van der Waals surface area contributed by atoms with E-state index in [-0.39, 0.29) is 5.56 Å². The zero-order valence-corrected chi connectivity index (χ0v) is 19.0. The number of benzene rings is 1. The third-order valence-corrected chi connectivity index (χ3v) is 6.98. The fraction of sp³-hybridized carbons (Fsp3) is 0.200. The van der Waals surface area contributed by atoms with Crippen LogP contribution in [0.1, 0.15) is 44.0 Å². The van der Waals surface area contributed by atoms with Crippen molar-refractivity contribution < 1.29 is 15.0 Å². The number of nitrogens with one attached hydrogen (secondary N) is 1. The second kappa shape index (κ2) is 8.06. The molecule has 0 bridgehead atoms.